The van der Waals surface area contributed by atoms with Crippen LogP contribution in [-0.2, 0) is 18.4 Å². The average molecular weight is 646 g/mol. The predicted octanol–water partition coefficient (Wildman–Crippen LogP) is 6.90. The van der Waals surface area contributed by atoms with Gasteiger partial charge in [-0.15, -0.1) is 0 Å². The van der Waals surface area contributed by atoms with E-state index in [2.05, 4.69) is 4.98 Å². The number of aryl methyl sites for hydroxylation is 1. The monoisotopic (exact) mass is 645 g/mol. The summed E-state index contributed by atoms with van der Waals surface area (Å²) in [6.07, 6.45) is 2.83. The van der Waals surface area contributed by atoms with Crippen molar-refractivity contribution in [2.24, 2.45) is 13.0 Å². The van der Waals surface area contributed by atoms with Gasteiger partial charge in [-0.1, -0.05) is 42.5 Å². The average Bonchev–Trinajstić information content (AvgIpc) is 3.35. The number of pyridine rings is 1. The Morgan fingerprint density at radius 2 is 1.81 bits per heavy atom. The highest BCUT2D eigenvalue weighted by molar-refractivity contribution is 5.96. The molecule has 0 spiro atoms. The van der Waals surface area contributed by atoms with Gasteiger partial charge in [0.25, 0.3) is 5.92 Å². The lowest BCUT2D eigenvalue weighted by atomic mass is 9.92. The molecule has 2 aromatic carbocycles. The molecule has 2 aliphatic rings. The summed E-state index contributed by atoms with van der Waals surface area (Å²) >= 11 is 0. The van der Waals surface area contributed by atoms with Crippen LogP contribution in [0.4, 0.5) is 13.6 Å². The second-order valence-electron chi connectivity index (χ2n) is 13.4. The number of hydrogen-bond donors (Lipinski definition) is 1. The van der Waals surface area contributed by atoms with Gasteiger partial charge in [-0.05, 0) is 68.9 Å². The normalized spacial score (nSPS) is 17.5. The summed E-state index contributed by atoms with van der Waals surface area (Å²) in [5.41, 5.74) is 2.72. The Labute approximate surface area is 273 Å². The first-order valence-corrected chi connectivity index (χ1v) is 16.0. The summed E-state index contributed by atoms with van der Waals surface area (Å²) in [7, 11) is 1.77. The quantitative estimate of drug-likeness (QED) is 0.234. The molecule has 2 aliphatic heterocycles. The lowest BCUT2D eigenvalue weighted by molar-refractivity contribution is 0.00511. The number of hydrogen-bond acceptors (Lipinski definition) is 7. The van der Waals surface area contributed by atoms with Crippen molar-refractivity contribution in [2.45, 2.75) is 51.7 Å². The molecule has 11 heteroatoms. The van der Waals surface area contributed by atoms with E-state index in [9.17, 15) is 9.90 Å². The van der Waals surface area contributed by atoms with Crippen LogP contribution in [0.15, 0.2) is 66.7 Å². The largest absolute Gasteiger partial charge is 0.493 e. The van der Waals surface area contributed by atoms with Gasteiger partial charge in [-0.3, -0.25) is 9.58 Å². The lowest BCUT2D eigenvalue weighted by Gasteiger charge is -2.38. The molecule has 0 bridgehead atoms. The lowest BCUT2D eigenvalue weighted by Crippen LogP contribution is -2.47. The number of amides is 1. The van der Waals surface area contributed by atoms with Gasteiger partial charge >= 0.3 is 6.09 Å². The molecule has 1 N–H and O–H groups in total. The summed E-state index contributed by atoms with van der Waals surface area (Å²) in [6.45, 7) is 7.54. The van der Waals surface area contributed by atoms with Crippen molar-refractivity contribution in [1.82, 2.24) is 24.6 Å². The standard InChI is InChI=1S/C36H41F2N5O4/c1-35(2,3)47-34(45)43-18-14-24(15-19-43)21-42-17-16-29(36(37,38)23-42)26-10-11-27-30(20-26)41(4)40-32(27)28-12-13-31(44)39-33(28)46-22-25-8-6-5-7-9-25/h5-13,16,20,24H,14-15,17-19,21-23H2,1-4H3,(H,39,44). The minimum absolute atomic E-state index is 0.0105. The smallest absolute Gasteiger partial charge is 0.410 e. The number of nitrogens with zero attached hydrogens (tertiary/aromatic N) is 5. The molecule has 0 aliphatic carbocycles. The van der Waals surface area contributed by atoms with Crippen LogP contribution in [0.1, 0.15) is 44.7 Å². The molecule has 248 valence electrons. The summed E-state index contributed by atoms with van der Waals surface area (Å²) in [5, 5.41) is 15.6. The van der Waals surface area contributed by atoms with E-state index in [0.717, 1.165) is 23.8 Å². The molecule has 47 heavy (non-hydrogen) atoms. The molecule has 6 rings (SSSR count). The number of ether oxygens (including phenoxy) is 2. The third-order valence-corrected chi connectivity index (χ3v) is 8.63. The third-order valence-electron chi connectivity index (χ3n) is 8.63. The number of benzene rings is 2. The summed E-state index contributed by atoms with van der Waals surface area (Å²) < 4.78 is 44.6. The van der Waals surface area contributed by atoms with E-state index in [0.29, 0.717) is 48.5 Å². The van der Waals surface area contributed by atoms with Gasteiger partial charge in [-0.25, -0.2) is 4.79 Å². The fraction of sp³-hybridized carbons (Fsp3) is 0.417. The highest BCUT2D eigenvalue weighted by atomic mass is 19.3. The molecular weight excluding hydrogens is 604 g/mol. The zero-order chi connectivity index (χ0) is 33.3. The SMILES string of the molecule is Cn1nc(-c2ccc(O)nc2OCc2ccccc2)c2ccc(C3=CCN(CC4CCN(C(=O)OC(C)(C)C)CC4)CC3(F)F)cc21. The molecule has 1 amide bonds. The maximum absolute atomic E-state index is 15.7. The van der Waals surface area contributed by atoms with Crippen LogP contribution in [0.2, 0.25) is 0 Å². The summed E-state index contributed by atoms with van der Waals surface area (Å²) in [6, 6.07) is 18.1. The second kappa shape index (κ2) is 12.9. The molecular formula is C36H41F2N5O4. The van der Waals surface area contributed by atoms with E-state index in [1.54, 1.807) is 40.9 Å². The summed E-state index contributed by atoms with van der Waals surface area (Å²) in [5.74, 6) is -2.75. The van der Waals surface area contributed by atoms with E-state index < -0.39 is 11.5 Å². The highest BCUT2D eigenvalue weighted by Crippen LogP contribution is 2.40. The number of fused-ring (bicyclic) bond motifs is 1. The zero-order valence-corrected chi connectivity index (χ0v) is 27.2. The second-order valence-corrected chi connectivity index (χ2v) is 13.4. The Hall–Kier alpha value is -4.51. The van der Waals surface area contributed by atoms with Crippen LogP contribution in [0.25, 0.3) is 27.7 Å². The van der Waals surface area contributed by atoms with E-state index in [1.807, 2.05) is 62.1 Å². The first-order valence-electron chi connectivity index (χ1n) is 16.0. The van der Waals surface area contributed by atoms with Crippen LogP contribution in [0.5, 0.6) is 11.8 Å². The van der Waals surface area contributed by atoms with E-state index in [4.69, 9.17) is 14.6 Å². The molecule has 9 nitrogen and oxygen atoms in total. The number of piperidine rings is 1. The van der Waals surface area contributed by atoms with Crippen molar-refractivity contribution in [3.8, 4) is 23.0 Å². The molecule has 0 saturated carbocycles. The minimum Gasteiger partial charge on any atom is -0.493 e. The maximum atomic E-state index is 15.7. The van der Waals surface area contributed by atoms with Crippen LogP contribution in [0, 0.1) is 5.92 Å². The zero-order valence-electron chi connectivity index (χ0n) is 27.2. The first kappa shape index (κ1) is 32.4. The molecule has 0 unspecified atom stereocenters. The van der Waals surface area contributed by atoms with E-state index in [1.165, 1.54) is 6.07 Å². The van der Waals surface area contributed by atoms with Crippen molar-refractivity contribution in [2.75, 3.05) is 32.7 Å². The molecule has 4 heterocycles. The van der Waals surface area contributed by atoms with E-state index in [-0.39, 0.29) is 42.5 Å². The van der Waals surface area contributed by atoms with Crippen molar-refractivity contribution in [1.29, 1.82) is 0 Å². The Balaban J connectivity index is 1.16. The number of carbonyl (C=O) groups is 1. The van der Waals surface area contributed by atoms with Gasteiger partial charge in [0.05, 0.1) is 17.6 Å². The van der Waals surface area contributed by atoms with Gasteiger partial charge in [0, 0.05) is 50.3 Å². The highest BCUT2D eigenvalue weighted by Gasteiger charge is 2.41. The number of likely N-dealkylation sites (tertiary alicyclic amines) is 1. The Morgan fingerprint density at radius 3 is 2.51 bits per heavy atom. The number of rotatable bonds is 7. The number of carbonyl (C=O) groups excluding carboxylic acids is 1. The molecule has 4 aromatic rings. The molecule has 0 atom stereocenters. The topological polar surface area (TPSA) is 93.0 Å². The van der Waals surface area contributed by atoms with Crippen molar-refractivity contribution < 1.29 is 28.2 Å². The summed E-state index contributed by atoms with van der Waals surface area (Å²) in [4.78, 5) is 20.1. The van der Waals surface area contributed by atoms with Crippen LogP contribution in [0.3, 0.4) is 0 Å². The predicted molar refractivity (Wildman–Crippen MR) is 176 cm³/mol. The third kappa shape index (κ3) is 7.40. The Bertz CT molecular complexity index is 1780. The molecule has 2 aromatic heterocycles. The molecule has 1 saturated heterocycles. The molecule has 0 radical (unpaired) electrons. The van der Waals surface area contributed by atoms with Crippen molar-refractivity contribution in [3.05, 3.63) is 77.9 Å². The van der Waals surface area contributed by atoms with Gasteiger partial charge in [0.15, 0.2) is 0 Å². The van der Waals surface area contributed by atoms with Gasteiger partial charge in [0.1, 0.15) is 17.9 Å². The molecule has 1 fully saturated rings. The first-order chi connectivity index (χ1) is 22.4. The van der Waals surface area contributed by atoms with Crippen LogP contribution >= 0.6 is 0 Å². The fourth-order valence-electron chi connectivity index (χ4n) is 6.33. The van der Waals surface area contributed by atoms with Gasteiger partial charge in [0.2, 0.25) is 11.8 Å². The number of aromatic nitrogens is 3. The van der Waals surface area contributed by atoms with Crippen LogP contribution < -0.4 is 4.74 Å². The van der Waals surface area contributed by atoms with Gasteiger partial charge < -0.3 is 19.5 Å². The maximum Gasteiger partial charge on any atom is 0.410 e. The Kier molecular flexibility index (Phi) is 8.93. The van der Waals surface area contributed by atoms with Crippen molar-refractivity contribution in [3.63, 3.8) is 0 Å². The number of halogens is 2. The minimum atomic E-state index is -3.04. The fourth-order valence-corrected chi connectivity index (χ4v) is 6.33. The van der Waals surface area contributed by atoms with E-state index >= 15 is 8.78 Å². The van der Waals surface area contributed by atoms with Gasteiger partial charge in [-0.2, -0.15) is 18.9 Å². The number of alkyl halides is 2. The van der Waals surface area contributed by atoms with Crippen LogP contribution in [-0.4, -0.2) is 80.0 Å². The Morgan fingerprint density at radius 1 is 1.06 bits per heavy atom. The van der Waals surface area contributed by atoms with Crippen molar-refractivity contribution >= 4 is 22.6 Å². The number of aromatic hydroxyl groups is 1.